The Labute approximate surface area is 159 Å². The molecule has 1 amide bonds. The van der Waals surface area contributed by atoms with E-state index in [0.717, 1.165) is 11.3 Å². The van der Waals surface area contributed by atoms with Crippen molar-refractivity contribution in [3.63, 3.8) is 0 Å². The molecule has 3 rings (SSSR count). The lowest BCUT2D eigenvalue weighted by Gasteiger charge is -2.15. The molecular weight excluding hydrogens is 338 g/mol. The zero-order valence-corrected chi connectivity index (χ0v) is 16.2. The molecular formula is C22H25N3O2. The lowest BCUT2D eigenvalue weighted by Crippen LogP contribution is -2.29. The smallest absolute Gasteiger partial charge is 0.276 e. The summed E-state index contributed by atoms with van der Waals surface area (Å²) in [4.78, 5) is 25.8. The number of hydrogen-bond donors (Lipinski definition) is 1. The molecule has 0 aliphatic heterocycles. The number of anilines is 1. The topological polar surface area (TPSA) is 64.0 Å². The van der Waals surface area contributed by atoms with Crippen LogP contribution in [0.3, 0.4) is 0 Å². The largest absolute Gasteiger partial charge is 0.320 e. The van der Waals surface area contributed by atoms with Gasteiger partial charge in [-0.25, -0.2) is 4.68 Å². The van der Waals surface area contributed by atoms with E-state index in [4.69, 9.17) is 0 Å². The first-order valence-electron chi connectivity index (χ1n) is 9.28. The summed E-state index contributed by atoms with van der Waals surface area (Å²) in [5.41, 5.74) is 1.93. The lowest BCUT2D eigenvalue weighted by molar-refractivity contribution is 0.102. The predicted molar refractivity (Wildman–Crippen MR) is 109 cm³/mol. The van der Waals surface area contributed by atoms with Crippen molar-refractivity contribution >= 4 is 22.4 Å². The van der Waals surface area contributed by atoms with Gasteiger partial charge >= 0.3 is 0 Å². The summed E-state index contributed by atoms with van der Waals surface area (Å²) in [5, 5.41) is 8.47. The Hall–Kier alpha value is -2.95. The summed E-state index contributed by atoms with van der Waals surface area (Å²) in [6.45, 7) is 8.67. The monoisotopic (exact) mass is 363 g/mol. The maximum atomic E-state index is 13.1. The van der Waals surface area contributed by atoms with Gasteiger partial charge in [0.2, 0.25) is 0 Å². The first kappa shape index (κ1) is 18.8. The molecule has 0 unspecified atom stereocenters. The van der Waals surface area contributed by atoms with Crippen molar-refractivity contribution in [3.05, 3.63) is 70.1 Å². The average Bonchev–Trinajstić information content (AvgIpc) is 2.64. The average molecular weight is 363 g/mol. The highest BCUT2D eigenvalue weighted by Gasteiger charge is 2.18. The van der Waals surface area contributed by atoms with Crippen LogP contribution in [0.2, 0.25) is 0 Å². The van der Waals surface area contributed by atoms with Crippen LogP contribution in [0.5, 0.6) is 0 Å². The van der Waals surface area contributed by atoms with Crippen molar-refractivity contribution in [2.45, 2.75) is 40.2 Å². The van der Waals surface area contributed by atoms with Crippen molar-refractivity contribution in [2.75, 3.05) is 5.32 Å². The lowest BCUT2D eigenvalue weighted by atomic mass is 10.0. The van der Waals surface area contributed by atoms with Crippen molar-refractivity contribution in [3.8, 4) is 0 Å². The molecule has 2 aromatic carbocycles. The summed E-state index contributed by atoms with van der Waals surface area (Å²) in [6, 6.07) is 14.9. The number of nitrogens with zero attached hydrogens (tertiary/aromatic N) is 2. The van der Waals surface area contributed by atoms with Crippen LogP contribution < -0.4 is 10.9 Å². The first-order chi connectivity index (χ1) is 12.9. The van der Waals surface area contributed by atoms with Gasteiger partial charge in [-0.3, -0.25) is 9.59 Å². The van der Waals surface area contributed by atoms with Crippen LogP contribution in [0.15, 0.2) is 53.3 Å². The van der Waals surface area contributed by atoms with E-state index in [2.05, 4.69) is 24.3 Å². The van der Waals surface area contributed by atoms with Gasteiger partial charge in [0.25, 0.3) is 11.5 Å². The van der Waals surface area contributed by atoms with Crippen LogP contribution in [-0.2, 0) is 6.54 Å². The molecule has 27 heavy (non-hydrogen) atoms. The van der Waals surface area contributed by atoms with E-state index < -0.39 is 0 Å². The summed E-state index contributed by atoms with van der Waals surface area (Å²) < 4.78 is 1.40. The highest BCUT2D eigenvalue weighted by molar-refractivity contribution is 6.11. The van der Waals surface area contributed by atoms with Gasteiger partial charge in [-0.2, -0.15) is 5.10 Å². The van der Waals surface area contributed by atoms with Gasteiger partial charge in [-0.15, -0.1) is 0 Å². The number of nitrogens with one attached hydrogen (secondary N) is 1. The molecule has 0 saturated carbocycles. The number of para-hydroxylation sites is 1. The number of hydrogen-bond acceptors (Lipinski definition) is 3. The number of fused-ring (bicyclic) bond motifs is 1. The molecule has 1 heterocycles. The minimum atomic E-state index is -0.309. The molecule has 0 fully saturated rings. The molecule has 0 aliphatic carbocycles. The van der Waals surface area contributed by atoms with Crippen molar-refractivity contribution in [1.82, 2.24) is 9.78 Å². The number of carbonyl (C=O) groups excluding carboxylic acids is 1. The van der Waals surface area contributed by atoms with Gasteiger partial charge in [-0.05, 0) is 29.5 Å². The fraction of sp³-hybridized carbons (Fsp3) is 0.318. The summed E-state index contributed by atoms with van der Waals surface area (Å²) in [5.74, 6) is 0.215. The van der Waals surface area contributed by atoms with Gasteiger partial charge in [-0.1, -0.05) is 64.1 Å². The van der Waals surface area contributed by atoms with E-state index in [-0.39, 0.29) is 29.0 Å². The standard InChI is InChI=1S/C22H25N3O2/c1-14(2)13-25-22(27)18-11-6-5-10-17(18)20(24-25)21(26)23-19-12-8-7-9-16(19)15(3)4/h5-12,14-15H,13H2,1-4H3,(H,23,26). The van der Waals surface area contributed by atoms with Crippen molar-refractivity contribution < 1.29 is 4.79 Å². The van der Waals surface area contributed by atoms with Gasteiger partial charge < -0.3 is 5.32 Å². The third-order valence-corrected chi connectivity index (χ3v) is 4.45. The molecule has 0 atom stereocenters. The molecule has 0 radical (unpaired) electrons. The van der Waals surface area contributed by atoms with E-state index in [1.54, 1.807) is 18.2 Å². The summed E-state index contributed by atoms with van der Waals surface area (Å²) in [6.07, 6.45) is 0. The van der Waals surface area contributed by atoms with Crippen LogP contribution in [0.4, 0.5) is 5.69 Å². The number of aromatic nitrogens is 2. The third kappa shape index (κ3) is 3.92. The van der Waals surface area contributed by atoms with Gasteiger partial charge in [0, 0.05) is 17.6 Å². The Morgan fingerprint density at radius 1 is 1.00 bits per heavy atom. The zero-order chi connectivity index (χ0) is 19.6. The van der Waals surface area contributed by atoms with E-state index in [1.165, 1.54) is 4.68 Å². The molecule has 0 aliphatic rings. The van der Waals surface area contributed by atoms with Crippen LogP contribution in [0, 0.1) is 5.92 Å². The Morgan fingerprint density at radius 3 is 2.30 bits per heavy atom. The molecule has 3 aromatic rings. The molecule has 5 nitrogen and oxygen atoms in total. The number of carbonyl (C=O) groups is 1. The Bertz CT molecular complexity index is 1040. The molecule has 0 bridgehead atoms. The zero-order valence-electron chi connectivity index (χ0n) is 16.2. The second kappa shape index (κ2) is 7.74. The maximum Gasteiger partial charge on any atom is 0.276 e. The van der Waals surface area contributed by atoms with E-state index in [9.17, 15) is 9.59 Å². The molecule has 140 valence electrons. The fourth-order valence-electron chi connectivity index (χ4n) is 3.17. The van der Waals surface area contributed by atoms with E-state index in [1.807, 2.05) is 44.2 Å². The minimum absolute atomic E-state index is 0.168. The Kier molecular flexibility index (Phi) is 5.40. The van der Waals surface area contributed by atoms with Gasteiger partial charge in [0.05, 0.1) is 5.39 Å². The predicted octanol–water partition coefficient (Wildman–Crippen LogP) is 4.43. The summed E-state index contributed by atoms with van der Waals surface area (Å²) in [7, 11) is 0. The molecule has 0 saturated heterocycles. The molecule has 1 aromatic heterocycles. The second-order valence-electron chi connectivity index (χ2n) is 7.47. The van der Waals surface area contributed by atoms with Gasteiger partial charge in [0.15, 0.2) is 5.69 Å². The molecule has 5 heteroatoms. The summed E-state index contributed by atoms with van der Waals surface area (Å²) >= 11 is 0. The number of amides is 1. The number of benzene rings is 2. The normalized spacial score (nSPS) is 11.3. The first-order valence-corrected chi connectivity index (χ1v) is 9.28. The SMILES string of the molecule is CC(C)Cn1nc(C(=O)Nc2ccccc2C(C)C)c2ccccc2c1=O. The highest BCUT2D eigenvalue weighted by Crippen LogP contribution is 2.24. The molecule has 0 spiro atoms. The number of rotatable bonds is 5. The third-order valence-electron chi connectivity index (χ3n) is 4.45. The van der Waals surface area contributed by atoms with Gasteiger partial charge in [0.1, 0.15) is 0 Å². The van der Waals surface area contributed by atoms with Crippen LogP contribution in [-0.4, -0.2) is 15.7 Å². The van der Waals surface area contributed by atoms with Crippen LogP contribution >= 0.6 is 0 Å². The second-order valence-corrected chi connectivity index (χ2v) is 7.47. The highest BCUT2D eigenvalue weighted by atomic mass is 16.2. The maximum absolute atomic E-state index is 13.1. The van der Waals surface area contributed by atoms with Crippen molar-refractivity contribution in [2.24, 2.45) is 5.92 Å². The Balaban J connectivity index is 2.09. The fourth-order valence-corrected chi connectivity index (χ4v) is 3.17. The Morgan fingerprint density at radius 2 is 1.63 bits per heavy atom. The van der Waals surface area contributed by atoms with Crippen molar-refractivity contribution in [1.29, 1.82) is 0 Å². The van der Waals surface area contributed by atoms with Crippen LogP contribution in [0.1, 0.15) is 49.7 Å². The minimum Gasteiger partial charge on any atom is -0.320 e. The molecule has 1 N–H and O–H groups in total. The quantitative estimate of drug-likeness (QED) is 0.729. The van der Waals surface area contributed by atoms with E-state index in [0.29, 0.717) is 17.3 Å². The van der Waals surface area contributed by atoms with E-state index >= 15 is 0 Å². The van der Waals surface area contributed by atoms with Crippen LogP contribution in [0.25, 0.3) is 10.8 Å².